The highest BCUT2D eigenvalue weighted by Crippen LogP contribution is 2.22. The molecule has 128 valence electrons. The molecule has 0 radical (unpaired) electrons. The number of carbonyl (C=O) groups excluding carboxylic acids is 1. The number of carbonyl (C=O) groups is 1. The van der Waals surface area contributed by atoms with Crippen molar-refractivity contribution in [3.05, 3.63) is 65.7 Å². The predicted molar refractivity (Wildman–Crippen MR) is 102 cm³/mol. The van der Waals surface area contributed by atoms with Gasteiger partial charge in [-0.15, -0.1) is 0 Å². The van der Waals surface area contributed by atoms with Crippen molar-refractivity contribution < 1.29 is 9.00 Å². The second-order valence-corrected chi connectivity index (χ2v) is 8.48. The summed E-state index contributed by atoms with van der Waals surface area (Å²) in [7, 11) is -1.04. The van der Waals surface area contributed by atoms with E-state index < -0.39 is 10.8 Å². The van der Waals surface area contributed by atoms with E-state index >= 15 is 0 Å². The van der Waals surface area contributed by atoms with Gasteiger partial charge >= 0.3 is 0 Å². The summed E-state index contributed by atoms with van der Waals surface area (Å²) in [6.07, 6.45) is 0.265. The highest BCUT2D eigenvalue weighted by atomic mass is 32.2. The summed E-state index contributed by atoms with van der Waals surface area (Å²) >= 11 is 0. The molecule has 0 fully saturated rings. The van der Waals surface area contributed by atoms with E-state index in [1.165, 1.54) is 5.56 Å². The van der Waals surface area contributed by atoms with Crippen molar-refractivity contribution >= 4 is 22.4 Å². The first-order valence-corrected chi connectivity index (χ1v) is 9.63. The molecule has 0 aliphatic carbocycles. The third kappa shape index (κ3) is 5.93. The van der Waals surface area contributed by atoms with Crippen molar-refractivity contribution in [1.82, 2.24) is 0 Å². The number of anilines is 1. The minimum absolute atomic E-state index is 0.0994. The molecule has 24 heavy (non-hydrogen) atoms. The zero-order valence-corrected chi connectivity index (χ0v) is 15.4. The third-order valence-corrected chi connectivity index (χ3v) is 5.08. The Balaban J connectivity index is 1.80. The molecule has 0 aliphatic rings. The van der Waals surface area contributed by atoms with E-state index in [2.05, 4.69) is 38.2 Å². The summed E-state index contributed by atoms with van der Waals surface area (Å²) in [5.41, 5.74) is 3.20. The van der Waals surface area contributed by atoms with Crippen LogP contribution in [-0.4, -0.2) is 15.9 Å². The molecule has 2 aromatic rings. The lowest BCUT2D eigenvalue weighted by atomic mass is 9.87. The topological polar surface area (TPSA) is 46.2 Å². The average molecular weight is 343 g/mol. The zero-order valence-electron chi connectivity index (χ0n) is 14.5. The van der Waals surface area contributed by atoms with Gasteiger partial charge in [-0.05, 0) is 28.7 Å². The van der Waals surface area contributed by atoms with Crippen molar-refractivity contribution in [3.8, 4) is 0 Å². The average Bonchev–Trinajstić information content (AvgIpc) is 2.53. The highest BCUT2D eigenvalue weighted by Gasteiger charge is 2.13. The molecule has 0 unspecified atom stereocenters. The van der Waals surface area contributed by atoms with Crippen molar-refractivity contribution in [2.24, 2.45) is 0 Å². The lowest BCUT2D eigenvalue weighted by Crippen LogP contribution is -2.15. The number of hydrogen-bond donors (Lipinski definition) is 1. The lowest BCUT2D eigenvalue weighted by Gasteiger charge is -2.19. The van der Waals surface area contributed by atoms with Gasteiger partial charge in [0.05, 0.1) is 0 Å². The summed E-state index contributed by atoms with van der Waals surface area (Å²) < 4.78 is 12.2. The summed E-state index contributed by atoms with van der Waals surface area (Å²) in [6, 6.07) is 17.6. The largest absolute Gasteiger partial charge is 0.326 e. The molecule has 0 saturated carbocycles. The molecule has 0 aromatic heterocycles. The fraction of sp³-hybridized carbons (Fsp3) is 0.350. The first kappa shape index (κ1) is 18.4. The number of rotatable bonds is 6. The third-order valence-electron chi connectivity index (χ3n) is 3.76. The molecule has 3 nitrogen and oxygen atoms in total. The molecule has 4 heteroatoms. The van der Waals surface area contributed by atoms with Gasteiger partial charge in [0, 0.05) is 34.4 Å². The molecule has 0 bridgehead atoms. The first-order valence-electron chi connectivity index (χ1n) is 8.14. The van der Waals surface area contributed by atoms with Gasteiger partial charge in [0.25, 0.3) is 0 Å². The van der Waals surface area contributed by atoms with Crippen molar-refractivity contribution in [2.45, 2.75) is 38.4 Å². The number of amides is 1. The Morgan fingerprint density at radius 3 is 2.21 bits per heavy atom. The minimum Gasteiger partial charge on any atom is -0.326 e. The predicted octanol–water partition coefficient (Wildman–Crippen LogP) is 4.26. The van der Waals surface area contributed by atoms with Gasteiger partial charge in [0.1, 0.15) is 0 Å². The number of hydrogen-bond acceptors (Lipinski definition) is 2. The van der Waals surface area contributed by atoms with Gasteiger partial charge in [-0.1, -0.05) is 63.2 Å². The molecule has 2 rings (SSSR count). The van der Waals surface area contributed by atoms with Crippen LogP contribution in [0, 0.1) is 0 Å². The number of benzene rings is 2. The molecule has 2 aromatic carbocycles. The van der Waals surface area contributed by atoms with E-state index in [0.29, 0.717) is 11.5 Å². The quantitative estimate of drug-likeness (QED) is 0.852. The second kappa shape index (κ2) is 8.25. The van der Waals surface area contributed by atoms with Crippen LogP contribution in [-0.2, 0) is 26.8 Å². The maximum atomic E-state index is 12.2. The molecule has 0 spiro atoms. The Labute approximate surface area is 146 Å². The van der Waals surface area contributed by atoms with Crippen LogP contribution in [0.5, 0.6) is 0 Å². The van der Waals surface area contributed by atoms with Crippen LogP contribution in [0.3, 0.4) is 0 Å². The monoisotopic (exact) mass is 343 g/mol. The van der Waals surface area contributed by atoms with Crippen LogP contribution in [0.25, 0.3) is 0 Å². The molecule has 1 atom stereocenters. The van der Waals surface area contributed by atoms with Gasteiger partial charge < -0.3 is 5.32 Å². The van der Waals surface area contributed by atoms with Crippen molar-refractivity contribution in [1.29, 1.82) is 0 Å². The van der Waals surface area contributed by atoms with Gasteiger partial charge in [0.15, 0.2) is 0 Å². The Bertz CT molecular complexity index is 688. The summed E-state index contributed by atoms with van der Waals surface area (Å²) in [5.74, 6) is 0.764. The second-order valence-electron chi connectivity index (χ2n) is 6.90. The van der Waals surface area contributed by atoms with Crippen LogP contribution >= 0.6 is 0 Å². The molecular formula is C20H25NO2S. The number of nitrogens with one attached hydrogen (secondary N) is 1. The van der Waals surface area contributed by atoms with Crippen LogP contribution in [0.4, 0.5) is 5.69 Å². The molecule has 1 amide bonds. The zero-order chi connectivity index (χ0) is 17.6. The molecule has 0 heterocycles. The molecule has 0 saturated heterocycles. The smallest absolute Gasteiger partial charge is 0.225 e. The standard InChI is InChI=1S/C20H25NO2S/c1-20(2,3)17-11-9-16(10-12-17)15-24(23)14-13-19(22)21-18-7-5-4-6-8-18/h4-12H,13-15H2,1-3H3,(H,21,22)/t24-/m1/s1. The van der Waals surface area contributed by atoms with Crippen LogP contribution in [0.15, 0.2) is 54.6 Å². The van der Waals surface area contributed by atoms with E-state index in [1.54, 1.807) is 0 Å². The van der Waals surface area contributed by atoms with Crippen LogP contribution < -0.4 is 5.32 Å². The fourth-order valence-electron chi connectivity index (χ4n) is 2.31. The maximum Gasteiger partial charge on any atom is 0.225 e. The normalized spacial score (nSPS) is 12.6. The summed E-state index contributed by atoms with van der Waals surface area (Å²) in [4.78, 5) is 11.9. The number of para-hydroxylation sites is 1. The van der Waals surface area contributed by atoms with Gasteiger partial charge in [0.2, 0.25) is 5.91 Å². The van der Waals surface area contributed by atoms with Crippen molar-refractivity contribution in [2.75, 3.05) is 11.1 Å². The minimum atomic E-state index is -1.04. The Hall–Kier alpha value is -1.94. The molecule has 1 N–H and O–H groups in total. The SMILES string of the molecule is CC(C)(C)c1ccc(C[S@](=O)CCC(=O)Nc2ccccc2)cc1. The van der Waals surface area contributed by atoms with E-state index in [-0.39, 0.29) is 17.7 Å². The molecular weight excluding hydrogens is 318 g/mol. The van der Waals surface area contributed by atoms with Crippen LogP contribution in [0.1, 0.15) is 38.3 Å². The van der Waals surface area contributed by atoms with E-state index in [4.69, 9.17) is 0 Å². The first-order chi connectivity index (χ1) is 11.3. The fourth-order valence-corrected chi connectivity index (χ4v) is 3.43. The van der Waals surface area contributed by atoms with E-state index in [0.717, 1.165) is 11.3 Å². The Morgan fingerprint density at radius 1 is 1.00 bits per heavy atom. The van der Waals surface area contributed by atoms with E-state index in [9.17, 15) is 9.00 Å². The molecule has 0 aliphatic heterocycles. The van der Waals surface area contributed by atoms with Gasteiger partial charge in [-0.3, -0.25) is 9.00 Å². The van der Waals surface area contributed by atoms with Gasteiger partial charge in [-0.25, -0.2) is 0 Å². The highest BCUT2D eigenvalue weighted by molar-refractivity contribution is 7.84. The Kier molecular flexibility index (Phi) is 6.32. The van der Waals surface area contributed by atoms with Crippen LogP contribution in [0.2, 0.25) is 0 Å². The Morgan fingerprint density at radius 2 is 1.62 bits per heavy atom. The maximum absolute atomic E-state index is 12.2. The van der Waals surface area contributed by atoms with Gasteiger partial charge in [-0.2, -0.15) is 0 Å². The van der Waals surface area contributed by atoms with Crippen molar-refractivity contribution in [3.63, 3.8) is 0 Å². The summed E-state index contributed by atoms with van der Waals surface area (Å²) in [6.45, 7) is 6.52. The lowest BCUT2D eigenvalue weighted by molar-refractivity contribution is -0.115. The van der Waals surface area contributed by atoms with E-state index in [1.807, 2.05) is 42.5 Å². The summed E-state index contributed by atoms with van der Waals surface area (Å²) in [5, 5.41) is 2.81.